The average Bonchev–Trinajstić information content (AvgIpc) is 2.70. The van der Waals surface area contributed by atoms with Gasteiger partial charge in [-0.2, -0.15) is 0 Å². The van der Waals surface area contributed by atoms with Gasteiger partial charge < -0.3 is 11.1 Å². The highest BCUT2D eigenvalue weighted by Gasteiger charge is 2.36. The van der Waals surface area contributed by atoms with E-state index in [0.717, 1.165) is 4.90 Å². The molecule has 2 rings (SSSR count). The predicted octanol–water partition coefficient (Wildman–Crippen LogP) is -0.00640. The molecular weight excluding hydrogens is 258 g/mol. The van der Waals surface area contributed by atoms with E-state index in [1.54, 1.807) is 24.3 Å². The van der Waals surface area contributed by atoms with E-state index in [1.165, 1.54) is 0 Å². The van der Waals surface area contributed by atoms with Crippen LogP contribution >= 0.6 is 0 Å². The number of carbonyl (C=O) groups is 3. The van der Waals surface area contributed by atoms with Crippen molar-refractivity contribution < 1.29 is 14.4 Å². The SMILES string of the molecule is CC(CN)CNC(=O)CN1C(=O)c2ccccc2C1=O. The van der Waals surface area contributed by atoms with Crippen LogP contribution in [-0.4, -0.2) is 42.3 Å². The van der Waals surface area contributed by atoms with Gasteiger partial charge in [-0.15, -0.1) is 0 Å². The summed E-state index contributed by atoms with van der Waals surface area (Å²) in [5, 5.41) is 2.66. The van der Waals surface area contributed by atoms with Crippen LogP contribution < -0.4 is 11.1 Å². The van der Waals surface area contributed by atoms with Crippen LogP contribution in [0.25, 0.3) is 0 Å². The number of carbonyl (C=O) groups excluding carboxylic acids is 3. The molecule has 0 radical (unpaired) electrons. The molecule has 1 aliphatic rings. The maximum atomic E-state index is 12.0. The topological polar surface area (TPSA) is 92.5 Å². The van der Waals surface area contributed by atoms with Crippen LogP contribution in [0.4, 0.5) is 0 Å². The van der Waals surface area contributed by atoms with Gasteiger partial charge >= 0.3 is 0 Å². The molecule has 3 N–H and O–H groups in total. The molecule has 106 valence electrons. The van der Waals surface area contributed by atoms with Gasteiger partial charge in [0.05, 0.1) is 11.1 Å². The minimum absolute atomic E-state index is 0.154. The molecular formula is C14H17N3O3. The number of benzene rings is 1. The molecule has 1 aromatic carbocycles. The van der Waals surface area contributed by atoms with E-state index < -0.39 is 11.8 Å². The predicted molar refractivity (Wildman–Crippen MR) is 73.0 cm³/mol. The summed E-state index contributed by atoms with van der Waals surface area (Å²) in [4.78, 5) is 36.8. The number of fused-ring (bicyclic) bond motifs is 1. The van der Waals surface area contributed by atoms with Gasteiger partial charge in [0.15, 0.2) is 0 Å². The van der Waals surface area contributed by atoms with E-state index >= 15 is 0 Å². The van der Waals surface area contributed by atoms with Crippen molar-refractivity contribution in [2.24, 2.45) is 11.7 Å². The van der Waals surface area contributed by atoms with Gasteiger partial charge in [0.1, 0.15) is 6.54 Å². The minimum Gasteiger partial charge on any atom is -0.354 e. The number of nitrogens with one attached hydrogen (secondary N) is 1. The Balaban J connectivity index is 2.00. The lowest BCUT2D eigenvalue weighted by Crippen LogP contribution is -2.42. The number of imide groups is 1. The van der Waals surface area contributed by atoms with Gasteiger partial charge in [-0.1, -0.05) is 19.1 Å². The second kappa shape index (κ2) is 5.83. The molecule has 1 heterocycles. The molecule has 1 aliphatic heterocycles. The maximum absolute atomic E-state index is 12.0. The quantitative estimate of drug-likeness (QED) is 0.739. The fourth-order valence-corrected chi connectivity index (χ4v) is 1.95. The number of amides is 3. The van der Waals surface area contributed by atoms with Gasteiger partial charge in [-0.3, -0.25) is 19.3 Å². The highest BCUT2D eigenvalue weighted by atomic mass is 16.2. The maximum Gasteiger partial charge on any atom is 0.262 e. The molecule has 3 amide bonds. The Kier molecular flexibility index (Phi) is 4.14. The van der Waals surface area contributed by atoms with Crippen LogP contribution in [0.15, 0.2) is 24.3 Å². The summed E-state index contributed by atoms with van der Waals surface area (Å²) >= 11 is 0. The zero-order valence-corrected chi connectivity index (χ0v) is 11.3. The lowest BCUT2D eigenvalue weighted by molar-refractivity contribution is -0.121. The Morgan fingerprint density at radius 2 is 1.80 bits per heavy atom. The molecule has 6 nitrogen and oxygen atoms in total. The van der Waals surface area contributed by atoms with Crippen LogP contribution in [0.1, 0.15) is 27.6 Å². The van der Waals surface area contributed by atoms with Crippen LogP contribution in [-0.2, 0) is 4.79 Å². The number of hydrogen-bond acceptors (Lipinski definition) is 4. The van der Waals surface area contributed by atoms with E-state index in [-0.39, 0.29) is 18.4 Å². The number of nitrogens with two attached hydrogens (primary N) is 1. The molecule has 1 unspecified atom stereocenters. The first-order chi connectivity index (χ1) is 9.54. The summed E-state index contributed by atoms with van der Waals surface area (Å²) in [5.74, 6) is -1.05. The van der Waals surface area contributed by atoms with E-state index in [9.17, 15) is 14.4 Å². The van der Waals surface area contributed by atoms with E-state index in [1.807, 2.05) is 6.92 Å². The summed E-state index contributed by atoms with van der Waals surface area (Å²) in [5.41, 5.74) is 6.15. The van der Waals surface area contributed by atoms with Crippen molar-refractivity contribution in [2.75, 3.05) is 19.6 Å². The highest BCUT2D eigenvalue weighted by molar-refractivity contribution is 6.22. The zero-order chi connectivity index (χ0) is 14.7. The van der Waals surface area contributed by atoms with Gasteiger partial charge in [0, 0.05) is 6.54 Å². The first kappa shape index (κ1) is 14.2. The summed E-state index contributed by atoms with van der Waals surface area (Å²) < 4.78 is 0. The third-order valence-electron chi connectivity index (χ3n) is 3.23. The van der Waals surface area contributed by atoms with Crippen molar-refractivity contribution in [1.82, 2.24) is 10.2 Å². The third-order valence-corrected chi connectivity index (χ3v) is 3.23. The normalized spacial score (nSPS) is 15.2. The summed E-state index contributed by atoms with van der Waals surface area (Å²) in [6.45, 7) is 2.54. The van der Waals surface area contributed by atoms with E-state index in [4.69, 9.17) is 5.73 Å². The van der Waals surface area contributed by atoms with Crippen LogP contribution in [0, 0.1) is 5.92 Å². The lowest BCUT2D eigenvalue weighted by atomic mass is 10.1. The van der Waals surface area contributed by atoms with Crippen LogP contribution in [0.3, 0.4) is 0 Å². The molecule has 0 aromatic heterocycles. The second-order valence-corrected chi connectivity index (χ2v) is 4.89. The molecule has 0 bridgehead atoms. The number of rotatable bonds is 5. The van der Waals surface area contributed by atoms with Crippen molar-refractivity contribution in [3.8, 4) is 0 Å². The molecule has 0 spiro atoms. The molecule has 0 saturated carbocycles. The van der Waals surface area contributed by atoms with Gasteiger partial charge in [-0.05, 0) is 24.6 Å². The Hall–Kier alpha value is -2.21. The molecule has 0 aliphatic carbocycles. The monoisotopic (exact) mass is 275 g/mol. The van der Waals surface area contributed by atoms with Gasteiger partial charge in [0.2, 0.25) is 5.91 Å². The number of nitrogens with zero attached hydrogens (tertiary/aromatic N) is 1. The fraction of sp³-hybridized carbons (Fsp3) is 0.357. The molecule has 20 heavy (non-hydrogen) atoms. The van der Waals surface area contributed by atoms with Gasteiger partial charge in [0.25, 0.3) is 11.8 Å². The Morgan fingerprint density at radius 1 is 1.25 bits per heavy atom. The molecule has 6 heteroatoms. The highest BCUT2D eigenvalue weighted by Crippen LogP contribution is 2.21. The van der Waals surface area contributed by atoms with E-state index in [2.05, 4.69) is 5.32 Å². The second-order valence-electron chi connectivity index (χ2n) is 4.89. The first-order valence-corrected chi connectivity index (χ1v) is 6.46. The Morgan fingerprint density at radius 3 is 2.30 bits per heavy atom. The Labute approximate surface area is 116 Å². The van der Waals surface area contributed by atoms with Crippen molar-refractivity contribution in [1.29, 1.82) is 0 Å². The lowest BCUT2D eigenvalue weighted by Gasteiger charge is -2.15. The van der Waals surface area contributed by atoms with Crippen molar-refractivity contribution in [3.05, 3.63) is 35.4 Å². The Bertz CT molecular complexity index is 521. The smallest absolute Gasteiger partial charge is 0.262 e. The largest absolute Gasteiger partial charge is 0.354 e. The summed E-state index contributed by atoms with van der Waals surface area (Å²) in [6.07, 6.45) is 0. The molecule has 1 aromatic rings. The summed E-state index contributed by atoms with van der Waals surface area (Å²) in [7, 11) is 0. The molecule has 0 fully saturated rings. The van der Waals surface area contributed by atoms with Crippen molar-refractivity contribution >= 4 is 17.7 Å². The molecule has 1 atom stereocenters. The van der Waals surface area contributed by atoms with E-state index in [0.29, 0.717) is 24.2 Å². The third kappa shape index (κ3) is 2.70. The average molecular weight is 275 g/mol. The van der Waals surface area contributed by atoms with Crippen molar-refractivity contribution in [2.45, 2.75) is 6.92 Å². The first-order valence-electron chi connectivity index (χ1n) is 6.46. The van der Waals surface area contributed by atoms with Crippen LogP contribution in [0.5, 0.6) is 0 Å². The van der Waals surface area contributed by atoms with Crippen molar-refractivity contribution in [3.63, 3.8) is 0 Å². The minimum atomic E-state index is -0.423. The molecule has 0 saturated heterocycles. The summed E-state index contributed by atoms with van der Waals surface area (Å²) in [6, 6.07) is 6.56. The number of hydrogen-bond donors (Lipinski definition) is 2. The van der Waals surface area contributed by atoms with Crippen LogP contribution in [0.2, 0.25) is 0 Å². The fourth-order valence-electron chi connectivity index (χ4n) is 1.95. The zero-order valence-electron chi connectivity index (χ0n) is 11.3. The van der Waals surface area contributed by atoms with Gasteiger partial charge in [-0.25, -0.2) is 0 Å². The standard InChI is InChI=1S/C14H17N3O3/c1-9(6-15)7-16-12(18)8-17-13(19)10-4-2-3-5-11(10)14(17)20/h2-5,9H,6-8,15H2,1H3,(H,16,18).